The van der Waals surface area contributed by atoms with Crippen LogP contribution in [0.4, 0.5) is 22.0 Å². The zero-order valence-electron chi connectivity index (χ0n) is 16.8. The number of para-hydroxylation sites is 2. The summed E-state index contributed by atoms with van der Waals surface area (Å²) in [4.78, 5) is 24.7. The first-order valence-corrected chi connectivity index (χ1v) is 9.72. The average molecular weight is 415 g/mol. The van der Waals surface area contributed by atoms with Gasteiger partial charge in [0.25, 0.3) is 5.91 Å². The third kappa shape index (κ3) is 4.99. The molecule has 0 saturated carbocycles. The number of hydrogen-bond acceptors (Lipinski definition) is 4. The van der Waals surface area contributed by atoms with Gasteiger partial charge in [0.1, 0.15) is 5.75 Å². The minimum Gasteiger partial charge on any atom is -0.481 e. The van der Waals surface area contributed by atoms with Crippen LogP contribution < -0.4 is 20.7 Å². The van der Waals surface area contributed by atoms with E-state index in [1.165, 1.54) is 0 Å². The molecule has 0 fully saturated rings. The van der Waals surface area contributed by atoms with Crippen molar-refractivity contribution >= 4 is 40.0 Å². The highest BCUT2D eigenvalue weighted by Crippen LogP contribution is 2.26. The van der Waals surface area contributed by atoms with Gasteiger partial charge in [-0.15, -0.1) is 0 Å². The van der Waals surface area contributed by atoms with E-state index >= 15 is 0 Å². The molecule has 4 N–H and O–H groups in total. The molecule has 0 bridgehead atoms. The zero-order chi connectivity index (χ0) is 21.6. The third-order valence-corrected chi connectivity index (χ3v) is 4.52. The normalized spacial score (nSPS) is 11.5. The van der Waals surface area contributed by atoms with Gasteiger partial charge in [0, 0.05) is 16.8 Å². The van der Waals surface area contributed by atoms with E-state index in [2.05, 4.69) is 26.1 Å². The lowest BCUT2D eigenvalue weighted by molar-refractivity contribution is -0.122. The summed E-state index contributed by atoms with van der Waals surface area (Å²) in [7, 11) is 0. The highest BCUT2D eigenvalue weighted by molar-refractivity contribution is 6.04. The number of aromatic nitrogens is 2. The van der Waals surface area contributed by atoms with E-state index in [1.54, 1.807) is 49.4 Å². The minimum atomic E-state index is -0.720. The summed E-state index contributed by atoms with van der Waals surface area (Å²) in [6.07, 6.45) is -0.720. The van der Waals surface area contributed by atoms with Crippen LogP contribution in [-0.4, -0.2) is 28.2 Å². The topological polar surface area (TPSA) is 108 Å². The van der Waals surface area contributed by atoms with Crippen molar-refractivity contribution in [3.05, 3.63) is 78.9 Å². The van der Waals surface area contributed by atoms with Gasteiger partial charge < -0.3 is 15.4 Å². The van der Waals surface area contributed by atoms with Crippen molar-refractivity contribution in [1.82, 2.24) is 10.2 Å². The van der Waals surface area contributed by atoms with Crippen molar-refractivity contribution in [2.45, 2.75) is 13.0 Å². The molecule has 8 heteroatoms. The number of aromatic amines is 1. The van der Waals surface area contributed by atoms with E-state index in [-0.39, 0.29) is 5.91 Å². The van der Waals surface area contributed by atoms with Crippen LogP contribution in [0.25, 0.3) is 10.9 Å². The van der Waals surface area contributed by atoms with Gasteiger partial charge in [-0.05, 0) is 49.4 Å². The number of hydrogen-bond donors (Lipinski definition) is 4. The van der Waals surface area contributed by atoms with E-state index in [0.29, 0.717) is 28.3 Å². The molecule has 3 amide bonds. The molecule has 3 aromatic carbocycles. The predicted molar refractivity (Wildman–Crippen MR) is 120 cm³/mol. The van der Waals surface area contributed by atoms with E-state index in [0.717, 1.165) is 5.52 Å². The van der Waals surface area contributed by atoms with Gasteiger partial charge in [-0.1, -0.05) is 36.4 Å². The van der Waals surface area contributed by atoms with Crippen LogP contribution in [0.15, 0.2) is 78.9 Å². The summed E-state index contributed by atoms with van der Waals surface area (Å²) >= 11 is 0. The second-order valence-corrected chi connectivity index (χ2v) is 6.84. The number of fused-ring (bicyclic) bond motifs is 1. The third-order valence-electron chi connectivity index (χ3n) is 4.52. The van der Waals surface area contributed by atoms with Crippen molar-refractivity contribution in [2.75, 3.05) is 16.0 Å². The molecule has 1 unspecified atom stereocenters. The number of anilines is 3. The van der Waals surface area contributed by atoms with Gasteiger partial charge >= 0.3 is 6.03 Å². The minimum absolute atomic E-state index is 0.265. The van der Waals surface area contributed by atoms with Gasteiger partial charge in [0.15, 0.2) is 11.9 Å². The number of urea groups is 1. The Kier molecular flexibility index (Phi) is 5.79. The van der Waals surface area contributed by atoms with Crippen molar-refractivity contribution < 1.29 is 14.3 Å². The molecular weight excluding hydrogens is 394 g/mol. The van der Waals surface area contributed by atoms with Crippen molar-refractivity contribution in [1.29, 1.82) is 0 Å². The Bertz CT molecular complexity index is 1190. The second kappa shape index (κ2) is 9.00. The van der Waals surface area contributed by atoms with E-state index in [9.17, 15) is 9.59 Å². The fraction of sp³-hybridized carbons (Fsp3) is 0.0870. The van der Waals surface area contributed by atoms with E-state index in [1.807, 2.05) is 36.4 Å². The number of H-pyrrole nitrogens is 1. The Morgan fingerprint density at radius 3 is 2.19 bits per heavy atom. The summed E-state index contributed by atoms with van der Waals surface area (Å²) in [6, 6.07) is 23.1. The monoisotopic (exact) mass is 415 g/mol. The largest absolute Gasteiger partial charge is 0.481 e. The molecule has 8 nitrogen and oxygen atoms in total. The Labute approximate surface area is 178 Å². The SMILES string of the molecule is CC(Oc1ccc2[nH]nc(NC(=O)Nc3ccccc3)c2c1)C(=O)Nc1ccccc1. The van der Waals surface area contributed by atoms with E-state index < -0.39 is 12.1 Å². The maximum absolute atomic E-state index is 12.4. The highest BCUT2D eigenvalue weighted by atomic mass is 16.5. The molecule has 156 valence electrons. The molecule has 0 radical (unpaired) electrons. The number of benzene rings is 3. The lowest BCUT2D eigenvalue weighted by Crippen LogP contribution is -2.30. The van der Waals surface area contributed by atoms with Crippen LogP contribution in [0.2, 0.25) is 0 Å². The quantitative estimate of drug-likeness (QED) is 0.369. The summed E-state index contributed by atoms with van der Waals surface area (Å²) in [6.45, 7) is 1.67. The number of carbonyl (C=O) groups is 2. The molecule has 1 aromatic heterocycles. The molecule has 0 aliphatic heterocycles. The van der Waals surface area contributed by atoms with Gasteiger partial charge in [-0.3, -0.25) is 15.2 Å². The fourth-order valence-corrected chi connectivity index (χ4v) is 2.98. The summed E-state index contributed by atoms with van der Waals surface area (Å²) in [5.74, 6) is 0.575. The number of nitrogens with zero attached hydrogens (tertiary/aromatic N) is 1. The van der Waals surface area contributed by atoms with Crippen LogP contribution in [0.3, 0.4) is 0 Å². The van der Waals surface area contributed by atoms with Gasteiger partial charge in [0.2, 0.25) is 0 Å². The molecule has 4 rings (SSSR count). The zero-order valence-corrected chi connectivity index (χ0v) is 16.8. The first-order chi connectivity index (χ1) is 15.1. The molecule has 31 heavy (non-hydrogen) atoms. The number of nitrogens with one attached hydrogen (secondary N) is 4. The second-order valence-electron chi connectivity index (χ2n) is 6.84. The van der Waals surface area contributed by atoms with Crippen molar-refractivity contribution in [3.8, 4) is 5.75 Å². The number of carbonyl (C=O) groups excluding carboxylic acids is 2. The van der Waals surface area contributed by atoms with Crippen molar-refractivity contribution in [2.24, 2.45) is 0 Å². The Balaban J connectivity index is 1.43. The van der Waals surface area contributed by atoms with E-state index in [4.69, 9.17) is 4.74 Å². The Hall–Kier alpha value is -4.33. The molecule has 4 aromatic rings. The molecule has 1 heterocycles. The van der Waals surface area contributed by atoms with Crippen LogP contribution in [0.1, 0.15) is 6.92 Å². The standard InChI is InChI=1S/C23H21N5O3/c1-15(22(29)24-16-8-4-2-5-9-16)31-18-12-13-20-19(14-18)21(28-27-20)26-23(30)25-17-10-6-3-7-11-17/h2-15H,1H3,(H,24,29)(H3,25,26,27,28,30). The molecular formula is C23H21N5O3. The van der Waals surface area contributed by atoms with Crippen LogP contribution in [0.5, 0.6) is 5.75 Å². The van der Waals surface area contributed by atoms with Crippen LogP contribution >= 0.6 is 0 Å². The maximum Gasteiger partial charge on any atom is 0.324 e. The lowest BCUT2D eigenvalue weighted by Gasteiger charge is -2.15. The Morgan fingerprint density at radius 2 is 1.52 bits per heavy atom. The molecule has 1 atom stereocenters. The Morgan fingerprint density at radius 1 is 0.871 bits per heavy atom. The fourth-order valence-electron chi connectivity index (χ4n) is 2.98. The molecule has 0 aliphatic rings. The smallest absolute Gasteiger partial charge is 0.324 e. The molecule has 0 aliphatic carbocycles. The van der Waals surface area contributed by atoms with Gasteiger partial charge in [0.05, 0.1) is 5.52 Å². The summed E-state index contributed by atoms with van der Waals surface area (Å²) in [5.41, 5.74) is 2.09. The molecule has 0 spiro atoms. The highest BCUT2D eigenvalue weighted by Gasteiger charge is 2.16. The predicted octanol–water partition coefficient (Wildman–Crippen LogP) is 4.61. The summed E-state index contributed by atoms with van der Waals surface area (Å²) in [5, 5.41) is 16.0. The maximum atomic E-state index is 12.4. The first-order valence-electron chi connectivity index (χ1n) is 9.72. The van der Waals surface area contributed by atoms with Crippen molar-refractivity contribution in [3.63, 3.8) is 0 Å². The molecule has 0 saturated heterocycles. The average Bonchev–Trinajstić information content (AvgIpc) is 3.17. The van der Waals surface area contributed by atoms with Gasteiger partial charge in [-0.2, -0.15) is 5.10 Å². The number of rotatable bonds is 6. The summed E-state index contributed by atoms with van der Waals surface area (Å²) < 4.78 is 5.80. The number of ether oxygens (including phenoxy) is 1. The van der Waals surface area contributed by atoms with Crippen LogP contribution in [0, 0.1) is 0 Å². The lowest BCUT2D eigenvalue weighted by atomic mass is 10.2. The van der Waals surface area contributed by atoms with Crippen LogP contribution in [-0.2, 0) is 4.79 Å². The first kappa shape index (κ1) is 20.0. The van der Waals surface area contributed by atoms with Gasteiger partial charge in [-0.25, -0.2) is 4.79 Å². The number of amides is 3.